The van der Waals surface area contributed by atoms with Crippen molar-refractivity contribution >= 4 is 40.4 Å². The number of nitrogens with zero attached hydrogens (tertiary/aromatic N) is 6. The molecular weight excluding hydrogens is 574 g/mol. The number of amides is 1. The summed E-state index contributed by atoms with van der Waals surface area (Å²) in [7, 11) is 0. The van der Waals surface area contributed by atoms with Crippen molar-refractivity contribution in [1.82, 2.24) is 24.4 Å². The Morgan fingerprint density at radius 1 is 1.21 bits per heavy atom. The van der Waals surface area contributed by atoms with Crippen LogP contribution in [0.5, 0.6) is 0 Å². The average molecular weight is 605 g/mol. The number of carbonyl (C=O) groups excluding carboxylic acids is 1. The topological polar surface area (TPSA) is 84.2 Å². The minimum absolute atomic E-state index is 0.0960. The zero-order chi connectivity index (χ0) is 31.0. The molecule has 5 rings (SSSR count). The van der Waals surface area contributed by atoms with Gasteiger partial charge in [-0.3, -0.25) is 9.78 Å². The second kappa shape index (κ2) is 12.0. The van der Waals surface area contributed by atoms with E-state index in [0.717, 1.165) is 0 Å². The van der Waals surface area contributed by atoms with Gasteiger partial charge in [-0.15, -0.1) is 0 Å². The summed E-state index contributed by atoms with van der Waals surface area (Å²) < 4.78 is 31.0. The smallest absolute Gasteiger partial charge is 0.350 e. The van der Waals surface area contributed by atoms with E-state index in [1.54, 1.807) is 23.1 Å². The molecule has 4 aromatic rings. The predicted octanol–water partition coefficient (Wildman–Crippen LogP) is 6.09. The van der Waals surface area contributed by atoms with E-state index >= 15 is 4.39 Å². The van der Waals surface area contributed by atoms with Crippen LogP contribution in [-0.2, 0) is 11.5 Å². The summed E-state index contributed by atoms with van der Waals surface area (Å²) in [6, 6.07) is 7.41. The first-order chi connectivity index (χ1) is 20.6. The van der Waals surface area contributed by atoms with Crippen LogP contribution in [-0.4, -0.2) is 56.0 Å². The van der Waals surface area contributed by atoms with Gasteiger partial charge in [0.25, 0.3) is 0 Å². The van der Waals surface area contributed by atoms with Crippen LogP contribution in [0.4, 0.5) is 14.6 Å². The first-order valence-electron chi connectivity index (χ1n) is 13.9. The van der Waals surface area contributed by atoms with Crippen LogP contribution in [0.1, 0.15) is 43.5 Å². The minimum Gasteiger partial charge on any atom is -0.350 e. The van der Waals surface area contributed by atoms with Crippen LogP contribution in [0.25, 0.3) is 34.1 Å². The summed E-state index contributed by atoms with van der Waals surface area (Å²) in [6.45, 7) is 13.3. The molecule has 1 aromatic carbocycles. The second-order valence-electron chi connectivity index (χ2n) is 10.7. The molecule has 1 aliphatic rings. The number of hydrogen-bond acceptors (Lipinski definition) is 6. The lowest BCUT2D eigenvalue weighted by atomic mass is 10.0. The number of anilines is 1. The summed E-state index contributed by atoms with van der Waals surface area (Å²) in [4.78, 5) is 43.7. The van der Waals surface area contributed by atoms with Crippen LogP contribution in [0.3, 0.4) is 0 Å². The number of aromatic nitrogens is 4. The minimum atomic E-state index is -0.863. The number of piperazine rings is 1. The maximum Gasteiger partial charge on any atom is 0.355 e. The van der Waals surface area contributed by atoms with Gasteiger partial charge in [-0.1, -0.05) is 56.8 Å². The van der Waals surface area contributed by atoms with Crippen LogP contribution >= 0.6 is 11.6 Å². The van der Waals surface area contributed by atoms with Crippen molar-refractivity contribution in [1.29, 1.82) is 0 Å². The highest BCUT2D eigenvalue weighted by Crippen LogP contribution is 2.37. The molecule has 1 amide bonds. The molecule has 0 spiro atoms. The van der Waals surface area contributed by atoms with Crippen LogP contribution in [0.2, 0.25) is 5.02 Å². The maximum absolute atomic E-state index is 15.3. The summed E-state index contributed by atoms with van der Waals surface area (Å²) in [6.07, 6.45) is 4.27. The lowest BCUT2D eigenvalue weighted by Gasteiger charge is -2.40. The summed E-state index contributed by atoms with van der Waals surface area (Å²) >= 11 is 6.81. The molecule has 11 heteroatoms. The van der Waals surface area contributed by atoms with E-state index in [0.29, 0.717) is 42.1 Å². The summed E-state index contributed by atoms with van der Waals surface area (Å²) in [5, 5.41) is 0.534. The fourth-order valence-corrected chi connectivity index (χ4v) is 5.81. The summed E-state index contributed by atoms with van der Waals surface area (Å²) in [5.41, 5.74) is 1.04. The number of benzene rings is 1. The van der Waals surface area contributed by atoms with E-state index in [9.17, 15) is 14.0 Å². The number of hydrogen-bond donors (Lipinski definition) is 0. The maximum atomic E-state index is 15.3. The van der Waals surface area contributed by atoms with Crippen molar-refractivity contribution < 1.29 is 13.6 Å². The number of rotatable bonds is 7. The van der Waals surface area contributed by atoms with E-state index in [-0.39, 0.29) is 51.0 Å². The van der Waals surface area contributed by atoms with Crippen molar-refractivity contribution in [2.24, 2.45) is 0 Å². The Bertz CT molecular complexity index is 1820. The highest BCUT2D eigenvalue weighted by molar-refractivity contribution is 6.34. The number of carbonyl (C=O) groups is 1. The van der Waals surface area contributed by atoms with Gasteiger partial charge >= 0.3 is 5.69 Å². The molecule has 43 heavy (non-hydrogen) atoms. The SMILES string of the molecule is C=CC(=O)N1CCN(c2nc(=O)n(-c3c(CF)ccnc3C(C)C)c3nc(-c4c(F)cccc4C=C)c(Cl)cc23)[C@@H](C)C1. The van der Waals surface area contributed by atoms with E-state index in [2.05, 4.69) is 23.1 Å². The second-order valence-corrected chi connectivity index (χ2v) is 11.1. The molecule has 0 unspecified atom stereocenters. The quantitative estimate of drug-likeness (QED) is 0.237. The Labute approximate surface area is 253 Å². The van der Waals surface area contributed by atoms with E-state index in [4.69, 9.17) is 16.6 Å². The fraction of sp³-hybridized carbons (Fsp3) is 0.281. The molecule has 1 saturated heterocycles. The molecule has 0 aliphatic carbocycles. The van der Waals surface area contributed by atoms with Gasteiger partial charge in [-0.25, -0.2) is 23.1 Å². The monoisotopic (exact) mass is 604 g/mol. The summed E-state index contributed by atoms with van der Waals surface area (Å²) in [5.74, 6) is -0.623. The highest BCUT2D eigenvalue weighted by Gasteiger charge is 2.31. The van der Waals surface area contributed by atoms with Crippen LogP contribution in [0.15, 0.2) is 60.6 Å². The Morgan fingerprint density at radius 2 is 1.98 bits per heavy atom. The largest absolute Gasteiger partial charge is 0.355 e. The zero-order valence-electron chi connectivity index (χ0n) is 24.1. The number of fused-ring (bicyclic) bond motifs is 1. The first-order valence-corrected chi connectivity index (χ1v) is 14.3. The van der Waals surface area contributed by atoms with Crippen LogP contribution < -0.4 is 10.6 Å². The van der Waals surface area contributed by atoms with Gasteiger partial charge in [-0.05, 0) is 42.7 Å². The zero-order valence-corrected chi connectivity index (χ0v) is 24.9. The van der Waals surface area contributed by atoms with Gasteiger partial charge < -0.3 is 9.80 Å². The van der Waals surface area contributed by atoms with Gasteiger partial charge in [-0.2, -0.15) is 4.98 Å². The van der Waals surface area contributed by atoms with Crippen molar-refractivity contribution in [2.45, 2.75) is 39.4 Å². The Hall–Kier alpha value is -4.44. The van der Waals surface area contributed by atoms with Crippen molar-refractivity contribution in [3.63, 3.8) is 0 Å². The molecular formula is C32H31ClF2N6O2. The Kier molecular flexibility index (Phi) is 8.41. The highest BCUT2D eigenvalue weighted by atomic mass is 35.5. The number of pyridine rings is 2. The van der Waals surface area contributed by atoms with Gasteiger partial charge in [0.15, 0.2) is 5.65 Å². The van der Waals surface area contributed by atoms with E-state index in [1.165, 1.54) is 35.0 Å². The Balaban J connectivity index is 1.86. The first kappa shape index (κ1) is 30.0. The third-order valence-electron chi connectivity index (χ3n) is 7.64. The molecule has 8 nitrogen and oxygen atoms in total. The molecule has 0 bridgehead atoms. The van der Waals surface area contributed by atoms with Crippen molar-refractivity contribution in [3.05, 3.63) is 93.9 Å². The van der Waals surface area contributed by atoms with Crippen molar-refractivity contribution in [2.75, 3.05) is 24.5 Å². The van der Waals surface area contributed by atoms with Gasteiger partial charge in [0.1, 0.15) is 18.3 Å². The average Bonchev–Trinajstić information content (AvgIpc) is 3.00. The molecule has 3 aromatic heterocycles. The van der Waals surface area contributed by atoms with Gasteiger partial charge in [0, 0.05) is 43.0 Å². The fourth-order valence-electron chi connectivity index (χ4n) is 5.56. The predicted molar refractivity (Wildman–Crippen MR) is 166 cm³/mol. The van der Waals surface area contributed by atoms with E-state index in [1.807, 2.05) is 25.7 Å². The van der Waals surface area contributed by atoms with Gasteiger partial charge in [0.05, 0.1) is 27.5 Å². The number of halogens is 3. The molecule has 4 heterocycles. The normalized spacial score (nSPS) is 15.3. The lowest BCUT2D eigenvalue weighted by molar-refractivity contribution is -0.126. The lowest BCUT2D eigenvalue weighted by Crippen LogP contribution is -2.54. The number of alkyl halides is 1. The van der Waals surface area contributed by atoms with Crippen molar-refractivity contribution in [3.8, 4) is 16.9 Å². The molecule has 1 fully saturated rings. The van der Waals surface area contributed by atoms with Gasteiger partial charge in [0.2, 0.25) is 5.91 Å². The molecule has 1 atom stereocenters. The standard InChI is InChI=1S/C32H31ClF2N6O2/c1-6-20-9-8-10-24(35)26(20)28-23(33)15-22-30(40-14-13-39(17-19(40)5)25(42)7-2)38-32(43)41(31(22)37-28)29-21(16-34)11-12-36-27(29)18(3)4/h6-12,15,18-19H,1-2,13-14,16-17H2,3-5H3/t19-/m0/s1. The third-order valence-corrected chi connectivity index (χ3v) is 7.93. The molecule has 0 saturated carbocycles. The third kappa shape index (κ3) is 5.31. The van der Waals surface area contributed by atoms with E-state index < -0.39 is 18.2 Å². The molecule has 1 aliphatic heterocycles. The molecule has 0 radical (unpaired) electrons. The van der Waals surface area contributed by atoms with Crippen LogP contribution in [0, 0.1) is 5.82 Å². The molecule has 0 N–H and O–H groups in total. The Morgan fingerprint density at radius 3 is 2.63 bits per heavy atom. The molecule has 222 valence electrons.